The van der Waals surface area contributed by atoms with E-state index in [1.165, 1.54) is 12.8 Å². The first-order valence-electron chi connectivity index (χ1n) is 13.5. The van der Waals surface area contributed by atoms with Crippen LogP contribution in [0.5, 0.6) is 0 Å². The molecule has 0 bridgehead atoms. The van der Waals surface area contributed by atoms with Gasteiger partial charge in [-0.15, -0.1) is 0 Å². The van der Waals surface area contributed by atoms with Crippen molar-refractivity contribution in [1.29, 1.82) is 0 Å². The van der Waals surface area contributed by atoms with E-state index in [-0.39, 0.29) is 19.1 Å². The largest absolute Gasteiger partial charge is 0.756 e. The third kappa shape index (κ3) is 22.2. The van der Waals surface area contributed by atoms with Crippen LogP contribution >= 0.6 is 7.82 Å². The number of aliphatic hydroxyl groups excluding tert-OH is 1. The van der Waals surface area contributed by atoms with E-state index in [1.807, 2.05) is 21.1 Å². The van der Waals surface area contributed by atoms with Crippen LogP contribution in [0, 0.1) is 0 Å². The SMILES string of the molecule is CCC/C=C\CCCCCCCC(=O)NC(COP(=O)([O-])OCC[N+](C)(C)C)C(O)CCCCC. The summed E-state index contributed by atoms with van der Waals surface area (Å²) in [5, 5.41) is 13.4. The summed E-state index contributed by atoms with van der Waals surface area (Å²) < 4.78 is 22.7. The maximum Gasteiger partial charge on any atom is 0.268 e. The van der Waals surface area contributed by atoms with Gasteiger partial charge in [0.1, 0.15) is 13.2 Å². The monoisotopic (exact) mass is 520 g/mol. The van der Waals surface area contributed by atoms with Gasteiger partial charge in [0.2, 0.25) is 5.91 Å². The Morgan fingerprint density at radius 3 is 2.29 bits per heavy atom. The molecule has 0 aliphatic rings. The summed E-state index contributed by atoms with van der Waals surface area (Å²) in [7, 11) is 1.28. The number of phosphoric ester groups is 1. The Hall–Kier alpha value is -0.760. The number of aliphatic hydroxyl groups is 1. The smallest absolute Gasteiger partial charge is 0.268 e. The average molecular weight is 521 g/mol. The van der Waals surface area contributed by atoms with E-state index >= 15 is 0 Å². The molecule has 0 aromatic heterocycles. The van der Waals surface area contributed by atoms with Crippen molar-refractivity contribution >= 4 is 13.7 Å². The van der Waals surface area contributed by atoms with E-state index in [1.54, 1.807) is 0 Å². The molecule has 0 saturated carbocycles. The molecule has 35 heavy (non-hydrogen) atoms. The van der Waals surface area contributed by atoms with Crippen LogP contribution in [0.15, 0.2) is 12.2 Å². The number of hydrogen-bond donors (Lipinski definition) is 2. The van der Waals surface area contributed by atoms with Crippen molar-refractivity contribution < 1.29 is 32.9 Å². The summed E-state index contributed by atoms with van der Waals surface area (Å²) in [5.74, 6) is -0.192. The van der Waals surface area contributed by atoms with Crippen molar-refractivity contribution in [3.63, 3.8) is 0 Å². The fourth-order valence-electron chi connectivity index (χ4n) is 3.45. The van der Waals surface area contributed by atoms with Crippen LogP contribution in [0.3, 0.4) is 0 Å². The molecule has 8 nitrogen and oxygen atoms in total. The van der Waals surface area contributed by atoms with Crippen molar-refractivity contribution in [2.75, 3.05) is 40.9 Å². The molecule has 0 aliphatic heterocycles. The summed E-state index contributed by atoms with van der Waals surface area (Å²) in [6.07, 6.45) is 15.8. The standard InChI is InChI=1S/C26H53N2O6P/c1-6-8-10-11-12-13-14-15-16-18-20-26(30)27-24(25(29)19-17-9-7-2)23-34-35(31,32)33-22-21-28(3,4)5/h10-11,24-25,29H,6-9,12-23H2,1-5H3,(H-,27,30,31,32)/b11-10-. The molecule has 0 aliphatic carbocycles. The molecule has 0 spiro atoms. The van der Waals surface area contributed by atoms with Crippen LogP contribution in [-0.2, 0) is 18.4 Å². The third-order valence-corrected chi connectivity index (χ3v) is 6.70. The fourth-order valence-corrected chi connectivity index (χ4v) is 4.17. The zero-order valence-electron chi connectivity index (χ0n) is 23.0. The van der Waals surface area contributed by atoms with Crippen LogP contribution in [-0.4, -0.2) is 68.5 Å². The first kappa shape index (κ1) is 34.2. The number of amides is 1. The topological polar surface area (TPSA) is 108 Å². The Morgan fingerprint density at radius 1 is 0.971 bits per heavy atom. The Balaban J connectivity index is 4.47. The number of allylic oxidation sites excluding steroid dienone is 2. The highest BCUT2D eigenvalue weighted by Crippen LogP contribution is 2.38. The summed E-state index contributed by atoms with van der Waals surface area (Å²) in [6.45, 7) is 4.42. The lowest BCUT2D eigenvalue weighted by Gasteiger charge is -2.30. The van der Waals surface area contributed by atoms with Crippen molar-refractivity contribution in [3.8, 4) is 0 Å². The molecule has 2 N–H and O–H groups in total. The van der Waals surface area contributed by atoms with Gasteiger partial charge in [-0.2, -0.15) is 0 Å². The summed E-state index contributed by atoms with van der Waals surface area (Å²) >= 11 is 0. The normalized spacial score (nSPS) is 15.7. The van der Waals surface area contributed by atoms with Crippen LogP contribution in [0.25, 0.3) is 0 Å². The van der Waals surface area contributed by atoms with Crippen molar-refractivity contribution in [2.24, 2.45) is 0 Å². The number of nitrogens with zero attached hydrogens (tertiary/aromatic N) is 1. The zero-order valence-corrected chi connectivity index (χ0v) is 23.9. The van der Waals surface area contributed by atoms with Crippen molar-refractivity contribution in [2.45, 2.75) is 109 Å². The molecule has 0 radical (unpaired) electrons. The highest BCUT2D eigenvalue weighted by atomic mass is 31.2. The predicted molar refractivity (Wildman–Crippen MR) is 141 cm³/mol. The Bertz CT molecular complexity index is 609. The quantitative estimate of drug-likeness (QED) is 0.0875. The van der Waals surface area contributed by atoms with Crippen molar-refractivity contribution in [1.82, 2.24) is 5.32 Å². The van der Waals surface area contributed by atoms with Gasteiger partial charge < -0.3 is 28.8 Å². The number of unbranched alkanes of at least 4 members (excludes halogenated alkanes) is 8. The van der Waals surface area contributed by atoms with Gasteiger partial charge in [0, 0.05) is 6.42 Å². The Labute approximate surface area is 214 Å². The fraction of sp³-hybridized carbons (Fsp3) is 0.885. The van der Waals surface area contributed by atoms with E-state index in [0.29, 0.717) is 23.9 Å². The average Bonchev–Trinajstić information content (AvgIpc) is 2.77. The van der Waals surface area contributed by atoms with Gasteiger partial charge in [-0.3, -0.25) is 9.36 Å². The predicted octanol–water partition coefficient (Wildman–Crippen LogP) is 4.71. The summed E-state index contributed by atoms with van der Waals surface area (Å²) in [4.78, 5) is 24.6. The highest BCUT2D eigenvalue weighted by Gasteiger charge is 2.24. The molecule has 1 amide bonds. The lowest BCUT2D eigenvalue weighted by molar-refractivity contribution is -0.870. The van der Waals surface area contributed by atoms with E-state index in [4.69, 9.17) is 9.05 Å². The number of rotatable bonds is 23. The Morgan fingerprint density at radius 2 is 1.63 bits per heavy atom. The van der Waals surface area contributed by atoms with Gasteiger partial charge >= 0.3 is 0 Å². The molecule has 9 heteroatoms. The van der Waals surface area contributed by atoms with Gasteiger partial charge in [0.15, 0.2) is 0 Å². The number of quaternary nitrogens is 1. The summed E-state index contributed by atoms with van der Waals surface area (Å²) in [6, 6.07) is -0.793. The van der Waals surface area contributed by atoms with Gasteiger partial charge in [0.05, 0.1) is 39.9 Å². The van der Waals surface area contributed by atoms with Crippen molar-refractivity contribution in [3.05, 3.63) is 12.2 Å². The minimum absolute atomic E-state index is 0.00931. The Kier molecular flexibility index (Phi) is 19.9. The maximum atomic E-state index is 12.5. The molecule has 0 fully saturated rings. The highest BCUT2D eigenvalue weighted by molar-refractivity contribution is 7.45. The molecular weight excluding hydrogens is 467 g/mol. The number of carbonyl (C=O) groups is 1. The maximum absolute atomic E-state index is 12.5. The van der Waals surface area contributed by atoms with Crippen LogP contribution in [0.4, 0.5) is 0 Å². The van der Waals surface area contributed by atoms with Gasteiger partial charge in [-0.05, 0) is 32.1 Å². The number of phosphoric acid groups is 1. The molecule has 3 unspecified atom stereocenters. The molecule has 0 heterocycles. The van der Waals surface area contributed by atoms with Gasteiger partial charge in [0.25, 0.3) is 7.82 Å². The van der Waals surface area contributed by atoms with Crippen LogP contribution in [0.2, 0.25) is 0 Å². The van der Waals surface area contributed by atoms with E-state index in [9.17, 15) is 19.4 Å². The lowest BCUT2D eigenvalue weighted by atomic mass is 10.0. The molecule has 3 atom stereocenters. The molecular formula is C26H53N2O6P. The lowest BCUT2D eigenvalue weighted by Crippen LogP contribution is -2.46. The molecule has 0 aromatic carbocycles. The van der Waals surface area contributed by atoms with E-state index < -0.39 is 20.0 Å². The molecule has 0 rings (SSSR count). The van der Waals surface area contributed by atoms with Crippen LogP contribution in [0.1, 0.15) is 97.3 Å². The zero-order chi connectivity index (χ0) is 26.6. The van der Waals surface area contributed by atoms with Gasteiger partial charge in [-0.25, -0.2) is 0 Å². The minimum atomic E-state index is -4.52. The number of hydrogen-bond acceptors (Lipinski definition) is 6. The second-order valence-electron chi connectivity index (χ2n) is 10.4. The second kappa shape index (κ2) is 20.3. The minimum Gasteiger partial charge on any atom is -0.756 e. The molecule has 0 saturated heterocycles. The molecule has 208 valence electrons. The second-order valence-corrected chi connectivity index (χ2v) is 11.8. The van der Waals surface area contributed by atoms with E-state index in [0.717, 1.165) is 57.8 Å². The number of carbonyl (C=O) groups excluding carboxylic acids is 1. The van der Waals surface area contributed by atoms with Gasteiger partial charge in [-0.1, -0.05) is 70.9 Å². The van der Waals surface area contributed by atoms with E-state index in [2.05, 4.69) is 31.3 Å². The first-order valence-corrected chi connectivity index (χ1v) is 15.0. The third-order valence-electron chi connectivity index (χ3n) is 5.73. The number of nitrogens with one attached hydrogen (secondary N) is 1. The number of likely N-dealkylation sites (N-methyl/N-ethyl adjacent to an activating group) is 1. The first-order chi connectivity index (χ1) is 16.5. The molecule has 0 aromatic rings. The van der Waals surface area contributed by atoms with Crippen LogP contribution < -0.4 is 10.2 Å². The summed E-state index contributed by atoms with van der Waals surface area (Å²) in [5.41, 5.74) is 0.